The van der Waals surface area contributed by atoms with Gasteiger partial charge < -0.3 is 15.8 Å². The molecule has 1 saturated heterocycles. The first-order valence-electron chi connectivity index (χ1n) is 6.73. The first kappa shape index (κ1) is 15.1. The molecule has 1 atom stereocenters. The maximum Gasteiger partial charge on any atom is 0.156 e. The number of aromatic nitrogens is 1. The van der Waals surface area contributed by atoms with Gasteiger partial charge in [-0.1, -0.05) is 12.1 Å². The minimum atomic E-state index is 0.0139. The zero-order valence-corrected chi connectivity index (χ0v) is 13.1. The number of oxime groups is 1. The van der Waals surface area contributed by atoms with Crippen LogP contribution in [0, 0.1) is 0 Å². The van der Waals surface area contributed by atoms with Crippen molar-refractivity contribution in [3.05, 3.63) is 22.8 Å². The summed E-state index contributed by atoms with van der Waals surface area (Å²) in [4.78, 5) is 8.92. The maximum atomic E-state index is 8.83. The monoisotopic (exact) mass is 341 g/mol. The van der Waals surface area contributed by atoms with Crippen molar-refractivity contribution in [3.63, 3.8) is 0 Å². The molecule has 2 rings (SSSR count). The van der Waals surface area contributed by atoms with Crippen LogP contribution in [0.4, 0.5) is 5.82 Å². The van der Waals surface area contributed by atoms with Gasteiger partial charge in [-0.2, -0.15) is 0 Å². The molecule has 1 aliphatic rings. The third-order valence-corrected chi connectivity index (χ3v) is 4.10. The van der Waals surface area contributed by atoms with E-state index >= 15 is 0 Å². The molecule has 2 heterocycles. The molecule has 0 bridgehead atoms. The number of nitrogens with zero attached hydrogens (tertiary/aromatic N) is 4. The molecule has 0 aliphatic carbocycles. The lowest BCUT2D eigenvalue weighted by Gasteiger charge is -2.39. The molecule has 0 amide bonds. The summed E-state index contributed by atoms with van der Waals surface area (Å²) >= 11 is 3.39. The lowest BCUT2D eigenvalue weighted by molar-refractivity contribution is 0.215. The molecule has 0 aromatic carbocycles. The summed E-state index contributed by atoms with van der Waals surface area (Å²) in [6, 6.07) is 4.03. The van der Waals surface area contributed by atoms with Crippen molar-refractivity contribution in [1.29, 1.82) is 0 Å². The van der Waals surface area contributed by atoms with Crippen LogP contribution < -0.4 is 10.6 Å². The highest BCUT2D eigenvalue weighted by atomic mass is 79.9. The Morgan fingerprint density at radius 1 is 1.45 bits per heavy atom. The third-order valence-electron chi connectivity index (χ3n) is 3.63. The number of anilines is 1. The van der Waals surface area contributed by atoms with E-state index in [-0.39, 0.29) is 6.04 Å². The smallest absolute Gasteiger partial charge is 0.156 e. The van der Waals surface area contributed by atoms with Gasteiger partial charge in [0.15, 0.2) is 5.84 Å². The highest BCUT2D eigenvalue weighted by molar-refractivity contribution is 9.10. The summed E-state index contributed by atoms with van der Waals surface area (Å²) in [5.41, 5.74) is 5.75. The molecule has 1 fully saturated rings. The van der Waals surface area contributed by atoms with E-state index in [1.807, 2.05) is 25.3 Å². The van der Waals surface area contributed by atoms with Crippen molar-refractivity contribution in [2.45, 2.75) is 19.4 Å². The number of hydrogen-bond acceptors (Lipinski definition) is 5. The molecular formula is C13H20BrN5O. The molecule has 6 nitrogen and oxygen atoms in total. The zero-order valence-electron chi connectivity index (χ0n) is 11.5. The van der Waals surface area contributed by atoms with Crippen molar-refractivity contribution in [1.82, 2.24) is 9.88 Å². The van der Waals surface area contributed by atoms with E-state index < -0.39 is 0 Å². The SMILES string of the molecule is CCC(C(N)=NO)N1CCN(c2ccc(Br)cn2)CC1. The van der Waals surface area contributed by atoms with Crippen molar-refractivity contribution >= 4 is 27.6 Å². The minimum Gasteiger partial charge on any atom is -0.409 e. The third kappa shape index (κ3) is 3.40. The van der Waals surface area contributed by atoms with Gasteiger partial charge in [-0.25, -0.2) is 4.98 Å². The molecule has 1 unspecified atom stereocenters. The predicted octanol–water partition coefficient (Wildman–Crippen LogP) is 1.49. The van der Waals surface area contributed by atoms with Crippen LogP contribution in [0.25, 0.3) is 0 Å². The Kier molecular flexibility index (Phi) is 5.19. The van der Waals surface area contributed by atoms with E-state index in [1.165, 1.54) is 0 Å². The second kappa shape index (κ2) is 6.90. The minimum absolute atomic E-state index is 0.0139. The van der Waals surface area contributed by atoms with Gasteiger partial charge >= 0.3 is 0 Å². The topological polar surface area (TPSA) is 78.0 Å². The lowest BCUT2D eigenvalue weighted by atomic mass is 10.1. The Morgan fingerprint density at radius 2 is 2.15 bits per heavy atom. The fourth-order valence-corrected chi connectivity index (χ4v) is 2.77. The predicted molar refractivity (Wildman–Crippen MR) is 83.2 cm³/mol. The highest BCUT2D eigenvalue weighted by Gasteiger charge is 2.25. The molecule has 3 N–H and O–H groups in total. The van der Waals surface area contributed by atoms with Crippen LogP contribution >= 0.6 is 15.9 Å². The van der Waals surface area contributed by atoms with Gasteiger partial charge in [0, 0.05) is 36.8 Å². The van der Waals surface area contributed by atoms with Gasteiger partial charge in [0.25, 0.3) is 0 Å². The number of nitrogens with two attached hydrogens (primary N) is 1. The van der Waals surface area contributed by atoms with E-state index in [9.17, 15) is 0 Å². The van der Waals surface area contributed by atoms with Crippen molar-refractivity contribution in [2.75, 3.05) is 31.1 Å². The first-order chi connectivity index (χ1) is 9.65. The van der Waals surface area contributed by atoms with E-state index in [0.717, 1.165) is 42.9 Å². The molecule has 110 valence electrons. The number of amidine groups is 1. The molecular weight excluding hydrogens is 322 g/mol. The van der Waals surface area contributed by atoms with E-state index in [4.69, 9.17) is 10.9 Å². The van der Waals surface area contributed by atoms with Crippen LogP contribution in [0.1, 0.15) is 13.3 Å². The molecule has 20 heavy (non-hydrogen) atoms. The fourth-order valence-electron chi connectivity index (χ4n) is 2.54. The number of pyridine rings is 1. The number of hydrogen-bond donors (Lipinski definition) is 2. The average Bonchev–Trinajstić information content (AvgIpc) is 2.49. The number of rotatable bonds is 4. The van der Waals surface area contributed by atoms with Crippen LogP contribution in [-0.4, -0.2) is 53.1 Å². The maximum absolute atomic E-state index is 8.83. The summed E-state index contributed by atoms with van der Waals surface area (Å²) < 4.78 is 0.984. The molecule has 0 spiro atoms. The number of piperazine rings is 1. The van der Waals surface area contributed by atoms with Crippen LogP contribution in [0.15, 0.2) is 28.0 Å². The summed E-state index contributed by atoms with van der Waals surface area (Å²) in [6.07, 6.45) is 2.65. The standard InChI is InChI=1S/C13H20BrN5O/c1-2-11(13(15)17-20)18-5-7-19(8-6-18)12-4-3-10(14)9-16-12/h3-4,9,11,20H,2,5-8H2,1H3,(H2,15,17). The summed E-state index contributed by atoms with van der Waals surface area (Å²) in [5, 5.41) is 12.0. The second-order valence-electron chi connectivity index (χ2n) is 4.81. The van der Waals surface area contributed by atoms with Crippen LogP contribution in [0.3, 0.4) is 0 Å². The van der Waals surface area contributed by atoms with Gasteiger partial charge in [-0.3, -0.25) is 4.90 Å². The Bertz CT molecular complexity index is 456. The van der Waals surface area contributed by atoms with Crippen molar-refractivity contribution in [2.24, 2.45) is 10.9 Å². The van der Waals surface area contributed by atoms with Gasteiger partial charge in [0.2, 0.25) is 0 Å². The second-order valence-corrected chi connectivity index (χ2v) is 5.72. The lowest BCUT2D eigenvalue weighted by Crippen LogP contribution is -2.54. The van der Waals surface area contributed by atoms with E-state index in [1.54, 1.807) is 0 Å². The van der Waals surface area contributed by atoms with Crippen LogP contribution in [0.5, 0.6) is 0 Å². The fraction of sp³-hybridized carbons (Fsp3) is 0.538. The molecule has 0 saturated carbocycles. The van der Waals surface area contributed by atoms with E-state index in [2.05, 4.69) is 35.9 Å². The molecule has 1 aromatic heterocycles. The Hall–Kier alpha value is -1.34. The summed E-state index contributed by atoms with van der Waals surface area (Å²) in [7, 11) is 0. The van der Waals surface area contributed by atoms with E-state index in [0.29, 0.717) is 5.84 Å². The Labute approximate surface area is 127 Å². The van der Waals surface area contributed by atoms with Gasteiger partial charge in [-0.15, -0.1) is 0 Å². The molecule has 1 aliphatic heterocycles. The summed E-state index contributed by atoms with van der Waals surface area (Å²) in [6.45, 7) is 5.60. The Balaban J connectivity index is 1.96. The van der Waals surface area contributed by atoms with Gasteiger partial charge in [-0.05, 0) is 34.5 Å². The molecule has 7 heteroatoms. The van der Waals surface area contributed by atoms with Gasteiger partial charge in [0.05, 0.1) is 6.04 Å². The van der Waals surface area contributed by atoms with Crippen molar-refractivity contribution < 1.29 is 5.21 Å². The first-order valence-corrected chi connectivity index (χ1v) is 7.53. The molecule has 1 aromatic rings. The highest BCUT2D eigenvalue weighted by Crippen LogP contribution is 2.18. The van der Waals surface area contributed by atoms with Crippen LogP contribution in [0.2, 0.25) is 0 Å². The number of halogens is 1. The van der Waals surface area contributed by atoms with Crippen LogP contribution in [-0.2, 0) is 0 Å². The normalized spacial score (nSPS) is 19.1. The quantitative estimate of drug-likeness (QED) is 0.375. The molecule has 0 radical (unpaired) electrons. The largest absolute Gasteiger partial charge is 0.409 e. The summed E-state index contributed by atoms with van der Waals surface area (Å²) in [5.74, 6) is 1.28. The van der Waals surface area contributed by atoms with Gasteiger partial charge in [0.1, 0.15) is 5.82 Å². The Morgan fingerprint density at radius 3 is 2.65 bits per heavy atom. The average molecular weight is 342 g/mol. The van der Waals surface area contributed by atoms with Crippen molar-refractivity contribution in [3.8, 4) is 0 Å². The zero-order chi connectivity index (χ0) is 14.5.